The molecule has 0 atom stereocenters. The fourth-order valence-corrected chi connectivity index (χ4v) is 4.08. The van der Waals surface area contributed by atoms with Gasteiger partial charge in [0.05, 0.1) is 17.3 Å². The highest BCUT2D eigenvalue weighted by Crippen LogP contribution is 2.34. The summed E-state index contributed by atoms with van der Waals surface area (Å²) in [5.74, 6) is 0.687. The summed E-state index contributed by atoms with van der Waals surface area (Å²) in [6, 6.07) is 0. The average molecular weight is 282 g/mol. The standard InChI is InChI=1S/C15H26N2OS/c1-16-10-14-13(11-18-2)17-15(19-14)12-8-6-4-3-5-7-9-12/h12,16H,3-11H2,1-2H3. The Morgan fingerprint density at radius 2 is 1.89 bits per heavy atom. The number of nitrogens with one attached hydrogen (secondary N) is 1. The molecule has 0 unspecified atom stereocenters. The first-order chi connectivity index (χ1) is 9.35. The first-order valence-electron chi connectivity index (χ1n) is 7.47. The fourth-order valence-electron chi connectivity index (χ4n) is 2.83. The molecule has 1 aliphatic rings. The van der Waals surface area contributed by atoms with Crippen molar-refractivity contribution >= 4 is 11.3 Å². The Labute approximate surface area is 120 Å². The number of thiazole rings is 1. The summed E-state index contributed by atoms with van der Waals surface area (Å²) in [6.45, 7) is 1.54. The summed E-state index contributed by atoms with van der Waals surface area (Å²) in [5.41, 5.74) is 1.14. The van der Waals surface area contributed by atoms with E-state index in [2.05, 4.69) is 5.32 Å². The molecule has 0 aliphatic heterocycles. The zero-order valence-electron chi connectivity index (χ0n) is 12.2. The maximum atomic E-state index is 5.28. The number of hydrogen-bond acceptors (Lipinski definition) is 4. The Bertz CT molecular complexity index is 347. The van der Waals surface area contributed by atoms with E-state index in [9.17, 15) is 0 Å². The van der Waals surface area contributed by atoms with Gasteiger partial charge in [-0.05, 0) is 19.9 Å². The predicted molar refractivity (Wildman–Crippen MR) is 80.7 cm³/mol. The molecule has 19 heavy (non-hydrogen) atoms. The van der Waals surface area contributed by atoms with Gasteiger partial charge < -0.3 is 10.1 Å². The van der Waals surface area contributed by atoms with E-state index >= 15 is 0 Å². The summed E-state index contributed by atoms with van der Waals surface area (Å²) in [7, 11) is 3.74. The van der Waals surface area contributed by atoms with Gasteiger partial charge in [0.15, 0.2) is 0 Å². The third-order valence-electron chi connectivity index (χ3n) is 3.87. The van der Waals surface area contributed by atoms with Gasteiger partial charge in [0.25, 0.3) is 0 Å². The van der Waals surface area contributed by atoms with Gasteiger partial charge in [-0.2, -0.15) is 0 Å². The van der Waals surface area contributed by atoms with E-state index in [1.165, 1.54) is 54.8 Å². The van der Waals surface area contributed by atoms with Crippen molar-refractivity contribution in [2.75, 3.05) is 14.2 Å². The lowest BCUT2D eigenvalue weighted by atomic mass is 9.92. The summed E-state index contributed by atoms with van der Waals surface area (Å²) in [6.07, 6.45) is 9.59. The normalized spacial score (nSPS) is 18.2. The van der Waals surface area contributed by atoms with Crippen LogP contribution in [-0.4, -0.2) is 19.1 Å². The number of methoxy groups -OCH3 is 1. The predicted octanol–water partition coefficient (Wildman–Crippen LogP) is 3.84. The van der Waals surface area contributed by atoms with Gasteiger partial charge in [-0.3, -0.25) is 0 Å². The molecular weight excluding hydrogens is 256 g/mol. The van der Waals surface area contributed by atoms with E-state index in [0.717, 1.165) is 12.2 Å². The minimum absolute atomic E-state index is 0.639. The number of ether oxygens (including phenoxy) is 1. The van der Waals surface area contributed by atoms with Crippen LogP contribution in [0, 0.1) is 0 Å². The van der Waals surface area contributed by atoms with Crippen molar-refractivity contribution in [1.29, 1.82) is 0 Å². The number of hydrogen-bond donors (Lipinski definition) is 1. The quantitative estimate of drug-likeness (QED) is 0.891. The topological polar surface area (TPSA) is 34.2 Å². The summed E-state index contributed by atoms with van der Waals surface area (Å²) in [4.78, 5) is 6.22. The molecule has 1 heterocycles. The van der Waals surface area contributed by atoms with Crippen LogP contribution in [0.15, 0.2) is 0 Å². The van der Waals surface area contributed by atoms with Gasteiger partial charge in [0, 0.05) is 24.4 Å². The fraction of sp³-hybridized carbons (Fsp3) is 0.800. The summed E-state index contributed by atoms with van der Waals surface area (Å²) < 4.78 is 5.28. The first-order valence-corrected chi connectivity index (χ1v) is 8.28. The molecule has 0 saturated heterocycles. The molecule has 108 valence electrons. The van der Waals surface area contributed by atoms with Gasteiger partial charge in [0.2, 0.25) is 0 Å². The molecule has 1 N–H and O–H groups in total. The van der Waals surface area contributed by atoms with Crippen molar-refractivity contribution < 1.29 is 4.74 Å². The van der Waals surface area contributed by atoms with E-state index in [-0.39, 0.29) is 0 Å². The Hall–Kier alpha value is -0.450. The zero-order valence-corrected chi connectivity index (χ0v) is 13.0. The van der Waals surface area contributed by atoms with Crippen molar-refractivity contribution in [3.63, 3.8) is 0 Å². The first kappa shape index (κ1) is 14.9. The minimum Gasteiger partial charge on any atom is -0.378 e. The molecule has 1 aromatic heterocycles. The monoisotopic (exact) mass is 282 g/mol. The van der Waals surface area contributed by atoms with Crippen molar-refractivity contribution in [2.24, 2.45) is 0 Å². The maximum Gasteiger partial charge on any atom is 0.0963 e. The average Bonchev–Trinajstić information content (AvgIpc) is 2.73. The summed E-state index contributed by atoms with van der Waals surface area (Å²) in [5, 5.41) is 4.58. The van der Waals surface area contributed by atoms with Crippen molar-refractivity contribution in [1.82, 2.24) is 10.3 Å². The van der Waals surface area contributed by atoms with Crippen LogP contribution >= 0.6 is 11.3 Å². The van der Waals surface area contributed by atoms with Crippen molar-refractivity contribution in [3.8, 4) is 0 Å². The van der Waals surface area contributed by atoms with Crippen LogP contribution in [0.25, 0.3) is 0 Å². The van der Waals surface area contributed by atoms with Crippen LogP contribution < -0.4 is 5.32 Å². The van der Waals surface area contributed by atoms with E-state index in [1.54, 1.807) is 7.11 Å². The lowest BCUT2D eigenvalue weighted by molar-refractivity contribution is 0.181. The number of nitrogens with zero attached hydrogens (tertiary/aromatic N) is 1. The van der Waals surface area contributed by atoms with E-state index in [4.69, 9.17) is 9.72 Å². The van der Waals surface area contributed by atoms with E-state index in [1.807, 2.05) is 18.4 Å². The molecule has 0 amide bonds. The van der Waals surface area contributed by atoms with E-state index in [0.29, 0.717) is 12.5 Å². The molecule has 2 rings (SSSR count). The van der Waals surface area contributed by atoms with Crippen LogP contribution in [0.4, 0.5) is 0 Å². The lowest BCUT2D eigenvalue weighted by Crippen LogP contribution is -2.06. The molecule has 1 aliphatic carbocycles. The van der Waals surface area contributed by atoms with Crippen LogP contribution in [-0.2, 0) is 17.9 Å². The van der Waals surface area contributed by atoms with Crippen LogP contribution in [0.5, 0.6) is 0 Å². The van der Waals surface area contributed by atoms with Gasteiger partial charge in [-0.25, -0.2) is 4.98 Å². The second-order valence-corrected chi connectivity index (χ2v) is 6.54. The third-order valence-corrected chi connectivity index (χ3v) is 5.13. The Morgan fingerprint density at radius 1 is 1.21 bits per heavy atom. The van der Waals surface area contributed by atoms with Gasteiger partial charge in [0.1, 0.15) is 0 Å². The second kappa shape index (κ2) is 7.98. The largest absolute Gasteiger partial charge is 0.378 e. The SMILES string of the molecule is CNCc1sc(C2CCCCCCC2)nc1COC. The highest BCUT2D eigenvalue weighted by molar-refractivity contribution is 7.11. The molecule has 1 aromatic rings. The molecule has 0 aromatic carbocycles. The molecule has 4 heteroatoms. The molecule has 3 nitrogen and oxygen atoms in total. The van der Waals surface area contributed by atoms with Crippen LogP contribution in [0.3, 0.4) is 0 Å². The molecule has 1 saturated carbocycles. The van der Waals surface area contributed by atoms with Crippen molar-refractivity contribution in [2.45, 2.75) is 64.0 Å². The van der Waals surface area contributed by atoms with Crippen LogP contribution in [0.2, 0.25) is 0 Å². The van der Waals surface area contributed by atoms with Crippen LogP contribution in [0.1, 0.15) is 66.4 Å². The number of aromatic nitrogens is 1. The lowest BCUT2D eigenvalue weighted by Gasteiger charge is -2.17. The third kappa shape index (κ3) is 4.26. The minimum atomic E-state index is 0.639. The number of rotatable bonds is 5. The van der Waals surface area contributed by atoms with Gasteiger partial charge in [-0.1, -0.05) is 32.1 Å². The zero-order chi connectivity index (χ0) is 13.5. The molecule has 0 spiro atoms. The smallest absolute Gasteiger partial charge is 0.0963 e. The Morgan fingerprint density at radius 3 is 2.53 bits per heavy atom. The highest BCUT2D eigenvalue weighted by atomic mass is 32.1. The molecule has 0 radical (unpaired) electrons. The van der Waals surface area contributed by atoms with Gasteiger partial charge in [-0.15, -0.1) is 11.3 Å². The highest BCUT2D eigenvalue weighted by Gasteiger charge is 2.19. The molecular formula is C15H26N2OS. The second-order valence-electron chi connectivity index (χ2n) is 5.43. The van der Waals surface area contributed by atoms with E-state index < -0.39 is 0 Å². The van der Waals surface area contributed by atoms with Gasteiger partial charge >= 0.3 is 0 Å². The summed E-state index contributed by atoms with van der Waals surface area (Å²) >= 11 is 1.89. The Kier molecular flexibility index (Phi) is 6.28. The maximum absolute atomic E-state index is 5.28. The molecule has 1 fully saturated rings. The van der Waals surface area contributed by atoms with Crippen molar-refractivity contribution in [3.05, 3.63) is 15.6 Å². The molecule has 0 bridgehead atoms. The Balaban J connectivity index is 2.10.